The standard InChI is InChI=1S/C31H42N4O4S/c1-3-4-5-6-7-8-9-10-13-37-30-25-19-35-12-11-21-14-27-28(39-20-38-27)17-24(21)26(35)16-23(25)22(15-29(30)36-2)18-33-34-31(32)40/h14-15,17-18,26H,3-13,16,19-20H2,1-2H3,(H3,32,34,40)/b33-18+. The molecule has 0 spiro atoms. The molecule has 0 aliphatic carbocycles. The molecule has 2 aromatic rings. The molecule has 3 heterocycles. The predicted octanol–water partition coefficient (Wildman–Crippen LogP) is 5.77. The summed E-state index contributed by atoms with van der Waals surface area (Å²) in [6.07, 6.45) is 13.7. The zero-order chi connectivity index (χ0) is 27.9. The molecule has 0 saturated heterocycles. The van der Waals surface area contributed by atoms with Crippen molar-refractivity contribution < 1.29 is 18.9 Å². The van der Waals surface area contributed by atoms with Crippen LogP contribution in [0.25, 0.3) is 0 Å². The summed E-state index contributed by atoms with van der Waals surface area (Å²) >= 11 is 4.94. The van der Waals surface area contributed by atoms with Crippen LogP contribution < -0.4 is 30.1 Å². The van der Waals surface area contributed by atoms with Crippen molar-refractivity contribution in [3.8, 4) is 23.0 Å². The minimum atomic E-state index is 0.130. The summed E-state index contributed by atoms with van der Waals surface area (Å²) in [6, 6.07) is 6.58. The van der Waals surface area contributed by atoms with Crippen molar-refractivity contribution in [3.05, 3.63) is 46.0 Å². The van der Waals surface area contributed by atoms with Crippen molar-refractivity contribution >= 4 is 23.5 Å². The van der Waals surface area contributed by atoms with E-state index in [0.29, 0.717) is 6.61 Å². The fourth-order valence-corrected chi connectivity index (χ4v) is 6.18. The lowest BCUT2D eigenvalue weighted by atomic mass is 9.82. The minimum absolute atomic E-state index is 0.130. The second-order valence-electron chi connectivity index (χ2n) is 10.9. The van der Waals surface area contributed by atoms with Gasteiger partial charge in [-0.05, 0) is 66.4 Å². The fraction of sp³-hybridized carbons (Fsp3) is 0.548. The number of unbranched alkanes of at least 4 members (excludes halogenated alkanes) is 7. The van der Waals surface area contributed by atoms with Crippen LogP contribution in [-0.4, -0.2) is 43.3 Å². The summed E-state index contributed by atoms with van der Waals surface area (Å²) in [7, 11) is 1.70. The van der Waals surface area contributed by atoms with Crippen LogP contribution in [0.3, 0.4) is 0 Å². The van der Waals surface area contributed by atoms with Crippen LogP contribution in [-0.2, 0) is 19.4 Å². The van der Waals surface area contributed by atoms with Crippen LogP contribution in [0, 0.1) is 0 Å². The van der Waals surface area contributed by atoms with Gasteiger partial charge in [-0.1, -0.05) is 51.9 Å². The molecule has 2 aromatic carbocycles. The molecule has 1 unspecified atom stereocenters. The van der Waals surface area contributed by atoms with Gasteiger partial charge in [0.2, 0.25) is 6.79 Å². The summed E-state index contributed by atoms with van der Waals surface area (Å²) in [5.74, 6) is 3.27. The third-order valence-corrected chi connectivity index (χ3v) is 8.29. The summed E-state index contributed by atoms with van der Waals surface area (Å²) in [5.41, 5.74) is 14.3. The van der Waals surface area contributed by atoms with E-state index in [9.17, 15) is 0 Å². The van der Waals surface area contributed by atoms with Crippen molar-refractivity contribution in [1.29, 1.82) is 0 Å². The molecular weight excluding hydrogens is 524 g/mol. The van der Waals surface area contributed by atoms with Crippen molar-refractivity contribution in [2.45, 2.75) is 83.7 Å². The Bertz CT molecular complexity index is 1230. The van der Waals surface area contributed by atoms with E-state index in [-0.39, 0.29) is 17.9 Å². The highest BCUT2D eigenvalue weighted by atomic mass is 32.1. The number of nitrogens with zero attached hydrogens (tertiary/aromatic N) is 2. The number of methoxy groups -OCH3 is 1. The molecule has 5 rings (SSSR count). The number of hydrazone groups is 1. The summed E-state index contributed by atoms with van der Waals surface area (Å²) in [4.78, 5) is 2.55. The highest BCUT2D eigenvalue weighted by Crippen LogP contribution is 2.47. The summed E-state index contributed by atoms with van der Waals surface area (Å²) in [6.45, 7) is 4.98. The van der Waals surface area contributed by atoms with E-state index >= 15 is 0 Å². The van der Waals surface area contributed by atoms with Gasteiger partial charge in [0, 0.05) is 30.3 Å². The molecular formula is C31H42N4O4S. The Morgan fingerprint density at radius 3 is 2.60 bits per heavy atom. The van der Waals surface area contributed by atoms with Gasteiger partial charge in [0.1, 0.15) is 0 Å². The number of ether oxygens (including phenoxy) is 4. The van der Waals surface area contributed by atoms with E-state index in [4.69, 9.17) is 36.9 Å². The summed E-state index contributed by atoms with van der Waals surface area (Å²) in [5, 5.41) is 4.42. The molecule has 8 nitrogen and oxygen atoms in total. The fourth-order valence-electron chi connectivity index (χ4n) is 6.13. The molecule has 9 heteroatoms. The Kier molecular flexibility index (Phi) is 9.65. The maximum absolute atomic E-state index is 6.49. The second-order valence-corrected chi connectivity index (χ2v) is 11.3. The number of benzene rings is 2. The molecule has 0 amide bonds. The Morgan fingerprint density at radius 1 is 1.10 bits per heavy atom. The third-order valence-electron chi connectivity index (χ3n) is 8.20. The van der Waals surface area contributed by atoms with E-state index < -0.39 is 0 Å². The van der Waals surface area contributed by atoms with Gasteiger partial charge in [0.15, 0.2) is 28.1 Å². The molecule has 40 heavy (non-hydrogen) atoms. The molecule has 0 bridgehead atoms. The zero-order valence-electron chi connectivity index (χ0n) is 23.8. The normalized spacial score (nSPS) is 17.3. The van der Waals surface area contributed by atoms with E-state index in [1.165, 1.54) is 67.2 Å². The highest BCUT2D eigenvalue weighted by molar-refractivity contribution is 7.80. The molecule has 0 fully saturated rings. The van der Waals surface area contributed by atoms with E-state index in [1.54, 1.807) is 13.3 Å². The maximum Gasteiger partial charge on any atom is 0.231 e. The average Bonchev–Trinajstić information content (AvgIpc) is 3.42. The van der Waals surface area contributed by atoms with E-state index in [1.807, 2.05) is 6.07 Å². The van der Waals surface area contributed by atoms with Gasteiger partial charge in [-0.15, -0.1) is 0 Å². The number of hydrogen-bond donors (Lipinski definition) is 2. The van der Waals surface area contributed by atoms with Crippen molar-refractivity contribution in [3.63, 3.8) is 0 Å². The Balaban J connectivity index is 1.37. The predicted molar refractivity (Wildman–Crippen MR) is 162 cm³/mol. The molecule has 1 atom stereocenters. The van der Waals surface area contributed by atoms with E-state index in [0.717, 1.165) is 60.9 Å². The molecule has 3 N–H and O–H groups in total. The monoisotopic (exact) mass is 566 g/mol. The second kappa shape index (κ2) is 13.5. The van der Waals surface area contributed by atoms with Gasteiger partial charge in [-0.2, -0.15) is 5.10 Å². The van der Waals surface area contributed by atoms with Gasteiger partial charge < -0.3 is 24.7 Å². The highest BCUT2D eigenvalue weighted by Gasteiger charge is 2.36. The lowest BCUT2D eigenvalue weighted by Gasteiger charge is -2.42. The molecule has 3 aliphatic heterocycles. The Hall–Kier alpha value is -3.04. The lowest BCUT2D eigenvalue weighted by molar-refractivity contribution is 0.155. The van der Waals surface area contributed by atoms with Crippen LogP contribution >= 0.6 is 12.2 Å². The lowest BCUT2D eigenvalue weighted by Crippen LogP contribution is -2.40. The van der Waals surface area contributed by atoms with Gasteiger partial charge in [-0.3, -0.25) is 10.3 Å². The zero-order valence-corrected chi connectivity index (χ0v) is 24.6. The minimum Gasteiger partial charge on any atom is -0.493 e. The molecule has 0 aromatic heterocycles. The summed E-state index contributed by atoms with van der Waals surface area (Å²) < 4.78 is 23.7. The SMILES string of the molecule is CCCCCCCCCCOc1c(OC)cc(/C=N/NC(N)=S)c2c1CN1CCc3cc4c(cc3C1C2)OCO4. The van der Waals surface area contributed by atoms with Crippen LogP contribution in [0.4, 0.5) is 0 Å². The first kappa shape index (κ1) is 28.5. The molecule has 216 valence electrons. The number of nitrogens with two attached hydrogens (primary N) is 1. The van der Waals surface area contributed by atoms with Gasteiger partial charge in [-0.25, -0.2) is 0 Å². The van der Waals surface area contributed by atoms with Crippen LogP contribution in [0.1, 0.15) is 92.1 Å². The number of nitrogens with one attached hydrogen (secondary N) is 1. The average molecular weight is 567 g/mol. The first-order valence-corrected chi connectivity index (χ1v) is 15.1. The number of fused-ring (bicyclic) bond motifs is 5. The Morgan fingerprint density at radius 2 is 1.85 bits per heavy atom. The van der Waals surface area contributed by atoms with Gasteiger partial charge >= 0.3 is 0 Å². The van der Waals surface area contributed by atoms with Crippen molar-refractivity contribution in [2.24, 2.45) is 10.8 Å². The topological polar surface area (TPSA) is 90.6 Å². The molecule has 0 saturated carbocycles. The number of hydrogen-bond acceptors (Lipinski definition) is 7. The van der Waals surface area contributed by atoms with Crippen LogP contribution in [0.5, 0.6) is 23.0 Å². The smallest absolute Gasteiger partial charge is 0.231 e. The van der Waals surface area contributed by atoms with Gasteiger partial charge in [0.25, 0.3) is 0 Å². The van der Waals surface area contributed by atoms with E-state index in [2.05, 4.69) is 34.5 Å². The number of thiocarbonyl (C=S) groups is 1. The number of rotatable bonds is 13. The largest absolute Gasteiger partial charge is 0.493 e. The maximum atomic E-state index is 6.49. The Labute approximate surface area is 243 Å². The molecule has 0 radical (unpaired) electrons. The van der Waals surface area contributed by atoms with Crippen LogP contribution in [0.15, 0.2) is 23.3 Å². The third kappa shape index (κ3) is 6.47. The molecule has 3 aliphatic rings. The first-order chi connectivity index (χ1) is 19.6. The van der Waals surface area contributed by atoms with Crippen molar-refractivity contribution in [1.82, 2.24) is 10.3 Å². The quantitative estimate of drug-likeness (QED) is 0.137. The van der Waals surface area contributed by atoms with Gasteiger partial charge in [0.05, 0.1) is 19.9 Å². The first-order valence-electron chi connectivity index (χ1n) is 14.7. The van der Waals surface area contributed by atoms with Crippen molar-refractivity contribution in [2.75, 3.05) is 27.1 Å². The van der Waals surface area contributed by atoms with Crippen LogP contribution in [0.2, 0.25) is 0 Å².